The van der Waals surface area contributed by atoms with E-state index in [-0.39, 0.29) is 0 Å². The fourth-order valence-electron chi connectivity index (χ4n) is 2.31. The lowest BCUT2D eigenvalue weighted by Crippen LogP contribution is -2.34. The van der Waals surface area contributed by atoms with Crippen molar-refractivity contribution in [2.75, 3.05) is 13.6 Å². The summed E-state index contributed by atoms with van der Waals surface area (Å²) in [6, 6.07) is 0.894. The average molecular weight is 155 g/mol. The van der Waals surface area contributed by atoms with Crippen molar-refractivity contribution in [1.82, 2.24) is 4.90 Å². The van der Waals surface area contributed by atoms with Gasteiger partial charge in [0.25, 0.3) is 0 Å². The third kappa shape index (κ3) is 1.96. The Hall–Kier alpha value is -0.0400. The van der Waals surface area contributed by atoms with Crippen LogP contribution in [0.5, 0.6) is 0 Å². The molecule has 0 aromatic heterocycles. The normalized spacial score (nSPS) is 31.6. The van der Waals surface area contributed by atoms with E-state index in [2.05, 4.69) is 25.8 Å². The van der Waals surface area contributed by atoms with Gasteiger partial charge in [-0.1, -0.05) is 26.7 Å². The SMILES string of the molecule is CCC1CCCC1N(C)CC. The Kier molecular flexibility index (Phi) is 3.38. The molecule has 1 aliphatic carbocycles. The first-order valence-corrected chi connectivity index (χ1v) is 4.99. The minimum absolute atomic E-state index is 0.894. The molecular weight excluding hydrogens is 134 g/mol. The molecule has 0 amide bonds. The molecule has 0 heterocycles. The van der Waals surface area contributed by atoms with E-state index in [0.29, 0.717) is 0 Å². The molecular formula is C10H21N. The van der Waals surface area contributed by atoms with Crippen molar-refractivity contribution in [3.05, 3.63) is 0 Å². The highest BCUT2D eigenvalue weighted by Gasteiger charge is 2.27. The first-order chi connectivity index (χ1) is 5.29. The summed E-state index contributed by atoms with van der Waals surface area (Å²) in [4.78, 5) is 2.52. The van der Waals surface area contributed by atoms with Crippen LogP contribution in [0.1, 0.15) is 39.5 Å². The molecule has 0 N–H and O–H groups in total. The summed E-state index contributed by atoms with van der Waals surface area (Å²) in [5.41, 5.74) is 0. The van der Waals surface area contributed by atoms with Crippen molar-refractivity contribution in [1.29, 1.82) is 0 Å². The predicted octanol–water partition coefficient (Wildman–Crippen LogP) is 2.52. The molecule has 1 saturated carbocycles. The van der Waals surface area contributed by atoms with E-state index in [0.717, 1.165) is 12.0 Å². The average Bonchev–Trinajstić information content (AvgIpc) is 2.50. The van der Waals surface area contributed by atoms with Gasteiger partial charge in [0.2, 0.25) is 0 Å². The molecule has 0 radical (unpaired) electrons. The van der Waals surface area contributed by atoms with Crippen LogP contribution in [-0.4, -0.2) is 24.5 Å². The van der Waals surface area contributed by atoms with Crippen LogP contribution in [0.3, 0.4) is 0 Å². The molecule has 0 aliphatic heterocycles. The van der Waals surface area contributed by atoms with Gasteiger partial charge in [0.05, 0.1) is 0 Å². The maximum atomic E-state index is 2.52. The summed E-state index contributed by atoms with van der Waals surface area (Å²) >= 11 is 0. The highest BCUT2D eigenvalue weighted by Crippen LogP contribution is 2.31. The quantitative estimate of drug-likeness (QED) is 0.605. The molecule has 1 fully saturated rings. The predicted molar refractivity (Wildman–Crippen MR) is 49.7 cm³/mol. The summed E-state index contributed by atoms with van der Waals surface area (Å²) in [6.45, 7) is 5.79. The second-order valence-corrected chi connectivity index (χ2v) is 3.74. The molecule has 1 rings (SSSR count). The first-order valence-electron chi connectivity index (χ1n) is 4.99. The van der Waals surface area contributed by atoms with E-state index < -0.39 is 0 Å². The Balaban J connectivity index is 2.42. The molecule has 1 heteroatoms. The summed E-state index contributed by atoms with van der Waals surface area (Å²) < 4.78 is 0. The van der Waals surface area contributed by atoms with E-state index in [1.807, 2.05) is 0 Å². The molecule has 0 saturated heterocycles. The zero-order chi connectivity index (χ0) is 8.27. The summed E-state index contributed by atoms with van der Waals surface area (Å²) in [5, 5.41) is 0. The Morgan fingerprint density at radius 1 is 1.27 bits per heavy atom. The van der Waals surface area contributed by atoms with Gasteiger partial charge in [0.1, 0.15) is 0 Å². The van der Waals surface area contributed by atoms with Gasteiger partial charge in [-0.15, -0.1) is 0 Å². The summed E-state index contributed by atoms with van der Waals surface area (Å²) in [6.07, 6.45) is 5.72. The Morgan fingerprint density at radius 3 is 2.55 bits per heavy atom. The van der Waals surface area contributed by atoms with Crippen LogP contribution < -0.4 is 0 Å². The van der Waals surface area contributed by atoms with Gasteiger partial charge >= 0.3 is 0 Å². The third-order valence-electron chi connectivity index (χ3n) is 3.21. The molecule has 0 bridgehead atoms. The van der Waals surface area contributed by atoms with Crippen molar-refractivity contribution >= 4 is 0 Å². The van der Waals surface area contributed by atoms with E-state index in [1.165, 1.54) is 32.2 Å². The molecule has 1 aliphatic rings. The zero-order valence-corrected chi connectivity index (χ0v) is 8.14. The summed E-state index contributed by atoms with van der Waals surface area (Å²) in [5.74, 6) is 0.986. The standard InChI is InChI=1S/C10H21N/c1-4-9-7-6-8-10(9)11(3)5-2/h9-10H,4-8H2,1-3H3. The van der Waals surface area contributed by atoms with Crippen LogP contribution in [0.2, 0.25) is 0 Å². The minimum atomic E-state index is 0.894. The van der Waals surface area contributed by atoms with Gasteiger partial charge in [-0.3, -0.25) is 0 Å². The van der Waals surface area contributed by atoms with Crippen LogP contribution in [-0.2, 0) is 0 Å². The minimum Gasteiger partial charge on any atom is -0.303 e. The third-order valence-corrected chi connectivity index (χ3v) is 3.21. The number of hydrogen-bond acceptors (Lipinski definition) is 1. The molecule has 0 spiro atoms. The van der Waals surface area contributed by atoms with Crippen LogP contribution in [0.15, 0.2) is 0 Å². The highest BCUT2D eigenvalue weighted by molar-refractivity contribution is 4.82. The lowest BCUT2D eigenvalue weighted by molar-refractivity contribution is 0.203. The maximum Gasteiger partial charge on any atom is 0.0120 e. The fourth-order valence-corrected chi connectivity index (χ4v) is 2.31. The molecule has 0 aromatic carbocycles. The van der Waals surface area contributed by atoms with Crippen LogP contribution in [0, 0.1) is 5.92 Å². The van der Waals surface area contributed by atoms with E-state index in [9.17, 15) is 0 Å². The van der Waals surface area contributed by atoms with Crippen molar-refractivity contribution < 1.29 is 0 Å². The number of hydrogen-bond donors (Lipinski definition) is 0. The summed E-state index contributed by atoms with van der Waals surface area (Å²) in [7, 11) is 2.26. The number of nitrogens with zero attached hydrogens (tertiary/aromatic N) is 1. The van der Waals surface area contributed by atoms with Gasteiger partial charge in [-0.2, -0.15) is 0 Å². The molecule has 0 aromatic rings. The van der Waals surface area contributed by atoms with E-state index >= 15 is 0 Å². The van der Waals surface area contributed by atoms with Gasteiger partial charge in [-0.05, 0) is 32.4 Å². The van der Waals surface area contributed by atoms with Crippen molar-refractivity contribution in [2.45, 2.75) is 45.6 Å². The van der Waals surface area contributed by atoms with Crippen LogP contribution in [0.25, 0.3) is 0 Å². The second-order valence-electron chi connectivity index (χ2n) is 3.74. The van der Waals surface area contributed by atoms with E-state index in [4.69, 9.17) is 0 Å². The van der Waals surface area contributed by atoms with Crippen molar-refractivity contribution in [2.24, 2.45) is 5.92 Å². The Labute approximate surface area is 70.8 Å². The first kappa shape index (κ1) is 9.05. The molecule has 2 unspecified atom stereocenters. The molecule has 2 atom stereocenters. The van der Waals surface area contributed by atoms with Gasteiger partial charge in [0, 0.05) is 6.04 Å². The zero-order valence-electron chi connectivity index (χ0n) is 8.14. The molecule has 1 nitrogen and oxygen atoms in total. The Morgan fingerprint density at radius 2 is 2.00 bits per heavy atom. The largest absolute Gasteiger partial charge is 0.303 e. The second kappa shape index (κ2) is 4.10. The lowest BCUT2D eigenvalue weighted by atomic mass is 10.00. The van der Waals surface area contributed by atoms with Crippen LogP contribution in [0.4, 0.5) is 0 Å². The van der Waals surface area contributed by atoms with Gasteiger partial charge in [-0.25, -0.2) is 0 Å². The molecule has 11 heavy (non-hydrogen) atoms. The van der Waals surface area contributed by atoms with Gasteiger partial charge < -0.3 is 4.90 Å². The maximum absolute atomic E-state index is 2.52. The lowest BCUT2D eigenvalue weighted by Gasteiger charge is -2.27. The fraction of sp³-hybridized carbons (Fsp3) is 1.00. The number of rotatable bonds is 3. The van der Waals surface area contributed by atoms with Gasteiger partial charge in [0.15, 0.2) is 0 Å². The molecule has 66 valence electrons. The van der Waals surface area contributed by atoms with E-state index in [1.54, 1.807) is 0 Å². The van der Waals surface area contributed by atoms with Crippen LogP contribution >= 0.6 is 0 Å². The monoisotopic (exact) mass is 155 g/mol. The van der Waals surface area contributed by atoms with Crippen molar-refractivity contribution in [3.8, 4) is 0 Å². The topological polar surface area (TPSA) is 3.24 Å². The van der Waals surface area contributed by atoms with Crippen molar-refractivity contribution in [3.63, 3.8) is 0 Å². The Bertz CT molecular complexity index is 111. The smallest absolute Gasteiger partial charge is 0.0120 e. The highest BCUT2D eigenvalue weighted by atomic mass is 15.1.